The zero-order valence-electron chi connectivity index (χ0n) is 14.3. The van der Waals surface area contributed by atoms with Crippen molar-refractivity contribution in [2.24, 2.45) is 0 Å². The number of nitrogens with zero attached hydrogens (tertiary/aromatic N) is 3. The van der Waals surface area contributed by atoms with Gasteiger partial charge in [0.2, 0.25) is 0 Å². The normalized spacial score (nSPS) is 25.8. The Balaban J connectivity index is 1.59. The van der Waals surface area contributed by atoms with Crippen LogP contribution in [0.4, 0.5) is 5.82 Å². The highest BCUT2D eigenvalue weighted by molar-refractivity contribution is 6.00. The first kappa shape index (κ1) is 16.1. The van der Waals surface area contributed by atoms with Gasteiger partial charge in [0.1, 0.15) is 17.5 Å². The van der Waals surface area contributed by atoms with Crippen molar-refractivity contribution in [3.05, 3.63) is 41.9 Å². The largest absolute Gasteiger partial charge is 0.379 e. The summed E-state index contributed by atoms with van der Waals surface area (Å²) in [4.78, 5) is 16.8. The van der Waals surface area contributed by atoms with Crippen LogP contribution in [0.25, 0.3) is 0 Å². The number of rotatable bonds is 4. The maximum atomic E-state index is 12.5. The summed E-state index contributed by atoms with van der Waals surface area (Å²) in [7, 11) is 1.75. The van der Waals surface area contributed by atoms with Gasteiger partial charge in [-0.15, -0.1) is 0 Å². The van der Waals surface area contributed by atoms with E-state index in [0.717, 1.165) is 30.8 Å². The summed E-state index contributed by atoms with van der Waals surface area (Å²) < 4.78 is 7.62. The highest BCUT2D eigenvalue weighted by Crippen LogP contribution is 2.34. The lowest BCUT2D eigenvalue weighted by atomic mass is 9.92. The molecule has 4 rings (SSSR count). The van der Waals surface area contributed by atoms with E-state index in [2.05, 4.69) is 20.7 Å². The molecule has 25 heavy (non-hydrogen) atoms. The van der Waals surface area contributed by atoms with E-state index in [1.807, 2.05) is 22.9 Å². The molecule has 1 fully saturated rings. The lowest BCUT2D eigenvalue weighted by molar-refractivity contribution is 0.0252. The third-order valence-electron chi connectivity index (χ3n) is 5.08. The molecule has 7 nitrogen and oxygen atoms in total. The van der Waals surface area contributed by atoms with E-state index in [0.29, 0.717) is 12.0 Å². The van der Waals surface area contributed by atoms with Gasteiger partial charge in [-0.25, -0.2) is 4.68 Å². The topological polar surface area (TPSA) is 81.1 Å². The number of pyridine rings is 1. The summed E-state index contributed by atoms with van der Waals surface area (Å²) in [6.07, 6.45) is 8.35. The van der Waals surface area contributed by atoms with Gasteiger partial charge < -0.3 is 15.4 Å². The molecule has 0 bridgehead atoms. The molecule has 3 atom stereocenters. The lowest BCUT2D eigenvalue weighted by Gasteiger charge is -2.33. The van der Waals surface area contributed by atoms with Crippen molar-refractivity contribution in [1.82, 2.24) is 20.1 Å². The molecule has 2 aliphatic rings. The van der Waals surface area contributed by atoms with Crippen LogP contribution in [0.1, 0.15) is 47.8 Å². The standard InChI is InChI=1S/C18H23N5O2/c1-25-15-8-3-2-7-14(15)23-17-13(11-20-23)18(24)22-16(21-17)10-12-6-4-5-9-19-12/h4-6,9,11,14-16,21H,2-3,7-8,10H2,1H3,(H,22,24)/t14-,15+,16?/m1/s1. The molecular formula is C18H23N5O2. The molecule has 1 aliphatic carbocycles. The van der Waals surface area contributed by atoms with Crippen molar-refractivity contribution >= 4 is 11.7 Å². The van der Waals surface area contributed by atoms with Crippen LogP contribution in [0.5, 0.6) is 0 Å². The minimum absolute atomic E-state index is 0.0919. The Labute approximate surface area is 146 Å². The number of fused-ring (bicyclic) bond motifs is 1. The molecule has 1 saturated carbocycles. The minimum atomic E-state index is -0.199. The van der Waals surface area contributed by atoms with Gasteiger partial charge in [-0.3, -0.25) is 9.78 Å². The zero-order chi connectivity index (χ0) is 17.2. The molecule has 1 aliphatic heterocycles. The van der Waals surface area contributed by atoms with Crippen molar-refractivity contribution in [2.45, 2.75) is 50.4 Å². The van der Waals surface area contributed by atoms with Gasteiger partial charge in [-0.05, 0) is 25.0 Å². The Kier molecular flexibility index (Phi) is 4.40. The Morgan fingerprint density at radius 3 is 2.96 bits per heavy atom. The Hall–Kier alpha value is -2.41. The molecule has 3 heterocycles. The maximum absolute atomic E-state index is 12.5. The molecule has 0 saturated heterocycles. The molecule has 2 aromatic rings. The van der Waals surface area contributed by atoms with E-state index in [-0.39, 0.29) is 24.2 Å². The monoisotopic (exact) mass is 341 g/mol. The molecule has 1 amide bonds. The Morgan fingerprint density at radius 2 is 2.16 bits per heavy atom. The van der Waals surface area contributed by atoms with Crippen molar-refractivity contribution < 1.29 is 9.53 Å². The number of ether oxygens (including phenoxy) is 1. The fraction of sp³-hybridized carbons (Fsp3) is 0.500. The highest BCUT2D eigenvalue weighted by Gasteiger charge is 2.34. The third kappa shape index (κ3) is 3.11. The van der Waals surface area contributed by atoms with Gasteiger partial charge in [0.25, 0.3) is 5.91 Å². The highest BCUT2D eigenvalue weighted by atomic mass is 16.5. The number of amides is 1. The predicted molar refractivity (Wildman–Crippen MR) is 93.3 cm³/mol. The third-order valence-corrected chi connectivity index (χ3v) is 5.08. The molecule has 2 aromatic heterocycles. The van der Waals surface area contributed by atoms with Gasteiger partial charge in [-0.2, -0.15) is 5.10 Å². The van der Waals surface area contributed by atoms with Crippen molar-refractivity contribution in [2.75, 3.05) is 12.4 Å². The van der Waals surface area contributed by atoms with E-state index >= 15 is 0 Å². The summed E-state index contributed by atoms with van der Waals surface area (Å²) in [5, 5.41) is 10.9. The van der Waals surface area contributed by atoms with Crippen molar-refractivity contribution in [1.29, 1.82) is 0 Å². The summed E-state index contributed by atoms with van der Waals surface area (Å²) >= 11 is 0. The molecule has 2 N–H and O–H groups in total. The van der Waals surface area contributed by atoms with Crippen LogP contribution in [0.3, 0.4) is 0 Å². The van der Waals surface area contributed by atoms with Crippen LogP contribution < -0.4 is 10.6 Å². The number of hydrogen-bond acceptors (Lipinski definition) is 5. The van der Waals surface area contributed by atoms with E-state index in [1.165, 1.54) is 6.42 Å². The fourth-order valence-corrected chi connectivity index (χ4v) is 3.82. The maximum Gasteiger partial charge on any atom is 0.258 e. The van der Waals surface area contributed by atoms with Crippen LogP contribution in [0.15, 0.2) is 30.6 Å². The average Bonchev–Trinajstić information content (AvgIpc) is 3.07. The first-order chi connectivity index (χ1) is 12.3. The second kappa shape index (κ2) is 6.84. The van der Waals surface area contributed by atoms with Crippen molar-refractivity contribution in [3.8, 4) is 0 Å². The van der Waals surface area contributed by atoms with Gasteiger partial charge in [0, 0.05) is 25.4 Å². The van der Waals surface area contributed by atoms with Gasteiger partial charge in [0.05, 0.1) is 18.3 Å². The molecule has 7 heteroatoms. The number of hydrogen-bond donors (Lipinski definition) is 2. The summed E-state index contributed by atoms with van der Waals surface area (Å²) in [5.41, 5.74) is 1.53. The molecule has 0 spiro atoms. The summed E-state index contributed by atoms with van der Waals surface area (Å²) in [5.74, 6) is 0.698. The molecule has 0 radical (unpaired) electrons. The molecular weight excluding hydrogens is 318 g/mol. The van der Waals surface area contributed by atoms with Crippen LogP contribution in [-0.4, -0.2) is 40.1 Å². The lowest BCUT2D eigenvalue weighted by Crippen LogP contribution is -2.47. The van der Waals surface area contributed by atoms with E-state index in [9.17, 15) is 4.79 Å². The Morgan fingerprint density at radius 1 is 1.28 bits per heavy atom. The molecule has 1 unspecified atom stereocenters. The summed E-state index contributed by atoms with van der Waals surface area (Å²) in [6.45, 7) is 0. The van der Waals surface area contributed by atoms with Gasteiger partial charge in [-0.1, -0.05) is 18.9 Å². The average molecular weight is 341 g/mol. The number of carbonyl (C=O) groups is 1. The van der Waals surface area contributed by atoms with Crippen LogP contribution in [0.2, 0.25) is 0 Å². The number of carbonyl (C=O) groups excluding carboxylic acids is 1. The second-order valence-corrected chi connectivity index (χ2v) is 6.67. The minimum Gasteiger partial charge on any atom is -0.379 e. The predicted octanol–water partition coefficient (Wildman–Crippen LogP) is 2.13. The first-order valence-electron chi connectivity index (χ1n) is 8.84. The van der Waals surface area contributed by atoms with E-state index in [1.54, 1.807) is 19.5 Å². The molecule has 0 aromatic carbocycles. The fourth-order valence-electron chi connectivity index (χ4n) is 3.82. The van der Waals surface area contributed by atoms with Gasteiger partial charge >= 0.3 is 0 Å². The second-order valence-electron chi connectivity index (χ2n) is 6.67. The smallest absolute Gasteiger partial charge is 0.258 e. The van der Waals surface area contributed by atoms with Crippen molar-refractivity contribution in [3.63, 3.8) is 0 Å². The van der Waals surface area contributed by atoms with E-state index < -0.39 is 0 Å². The quantitative estimate of drug-likeness (QED) is 0.890. The van der Waals surface area contributed by atoms with Crippen LogP contribution >= 0.6 is 0 Å². The van der Waals surface area contributed by atoms with Crippen LogP contribution in [-0.2, 0) is 11.2 Å². The number of aromatic nitrogens is 3. The Bertz CT molecular complexity index is 745. The van der Waals surface area contributed by atoms with Gasteiger partial charge in [0.15, 0.2) is 0 Å². The van der Waals surface area contributed by atoms with E-state index in [4.69, 9.17) is 4.74 Å². The SMILES string of the molecule is CO[C@H]1CCCC[C@H]1n1ncc2c1NC(Cc1ccccn1)NC2=O. The van der Waals surface area contributed by atoms with Crippen LogP contribution in [0, 0.1) is 0 Å². The number of anilines is 1. The molecule has 132 valence electrons. The zero-order valence-corrected chi connectivity index (χ0v) is 14.3. The summed E-state index contributed by atoms with van der Waals surface area (Å²) in [6, 6.07) is 5.96. The first-order valence-corrected chi connectivity index (χ1v) is 8.84. The number of nitrogens with one attached hydrogen (secondary N) is 2. The number of methoxy groups -OCH3 is 1.